The summed E-state index contributed by atoms with van der Waals surface area (Å²) in [5, 5.41) is 2.46. The summed E-state index contributed by atoms with van der Waals surface area (Å²) in [6, 6.07) is 5.51. The Balaban J connectivity index is 2.21. The molecule has 0 saturated carbocycles. The van der Waals surface area contributed by atoms with Crippen LogP contribution in [0.4, 0.5) is 23.2 Å². The van der Waals surface area contributed by atoms with Gasteiger partial charge in [-0.05, 0) is 18.2 Å². The second kappa shape index (κ2) is 5.61. The van der Waals surface area contributed by atoms with Crippen molar-refractivity contribution in [3.63, 3.8) is 0 Å². The van der Waals surface area contributed by atoms with E-state index in [1.807, 2.05) is 0 Å². The van der Waals surface area contributed by atoms with Crippen LogP contribution in [0.2, 0.25) is 0 Å². The maximum atomic E-state index is 13.4. The van der Waals surface area contributed by atoms with Crippen LogP contribution >= 0.6 is 15.9 Å². The fraction of sp³-hybridized carbons (Fsp3) is 0.0769. The zero-order valence-electron chi connectivity index (χ0n) is 9.48. The van der Waals surface area contributed by atoms with Crippen LogP contribution in [-0.2, 0) is 6.54 Å². The molecular formula is C13H8BrF4N. The van der Waals surface area contributed by atoms with Gasteiger partial charge in [0, 0.05) is 28.7 Å². The van der Waals surface area contributed by atoms with Crippen molar-refractivity contribution in [1.82, 2.24) is 0 Å². The first-order valence-corrected chi connectivity index (χ1v) is 6.09. The molecule has 0 amide bonds. The molecule has 0 spiro atoms. The molecule has 1 nitrogen and oxygen atoms in total. The van der Waals surface area contributed by atoms with E-state index in [1.54, 1.807) is 0 Å². The van der Waals surface area contributed by atoms with Crippen molar-refractivity contribution in [1.29, 1.82) is 0 Å². The summed E-state index contributed by atoms with van der Waals surface area (Å²) in [4.78, 5) is 0. The molecule has 0 aliphatic rings. The standard InChI is InChI=1S/C13H8BrF4N/c14-8-1-2-10(16)7(3-8)6-19-12-5-9(15)4-11(17)13(12)18/h1-5,19H,6H2. The topological polar surface area (TPSA) is 12.0 Å². The fourth-order valence-corrected chi connectivity index (χ4v) is 1.96. The van der Waals surface area contributed by atoms with Crippen LogP contribution in [0.15, 0.2) is 34.8 Å². The summed E-state index contributed by atoms with van der Waals surface area (Å²) in [5.41, 5.74) is -0.102. The van der Waals surface area contributed by atoms with Crippen molar-refractivity contribution >= 4 is 21.6 Å². The smallest absolute Gasteiger partial charge is 0.182 e. The van der Waals surface area contributed by atoms with Gasteiger partial charge in [0.2, 0.25) is 0 Å². The van der Waals surface area contributed by atoms with Crippen LogP contribution in [0.1, 0.15) is 5.56 Å². The maximum absolute atomic E-state index is 13.4. The normalized spacial score (nSPS) is 10.6. The van der Waals surface area contributed by atoms with Gasteiger partial charge in [-0.3, -0.25) is 0 Å². The van der Waals surface area contributed by atoms with Gasteiger partial charge in [0.1, 0.15) is 11.6 Å². The average Bonchev–Trinajstić information content (AvgIpc) is 2.35. The van der Waals surface area contributed by atoms with E-state index >= 15 is 0 Å². The molecule has 0 unspecified atom stereocenters. The molecule has 0 heterocycles. The number of rotatable bonds is 3. The molecule has 2 aromatic carbocycles. The quantitative estimate of drug-likeness (QED) is 0.638. The molecule has 19 heavy (non-hydrogen) atoms. The summed E-state index contributed by atoms with van der Waals surface area (Å²) < 4.78 is 53.4. The van der Waals surface area contributed by atoms with Crippen LogP contribution in [0.5, 0.6) is 0 Å². The Morgan fingerprint density at radius 1 is 0.947 bits per heavy atom. The van der Waals surface area contributed by atoms with Crippen molar-refractivity contribution in [3.05, 3.63) is 63.6 Å². The van der Waals surface area contributed by atoms with Gasteiger partial charge in [-0.25, -0.2) is 17.6 Å². The highest BCUT2D eigenvalue weighted by molar-refractivity contribution is 9.10. The summed E-state index contributed by atoms with van der Waals surface area (Å²) in [6.45, 7) is -0.0922. The number of hydrogen-bond donors (Lipinski definition) is 1. The van der Waals surface area contributed by atoms with E-state index in [2.05, 4.69) is 21.2 Å². The molecule has 1 N–H and O–H groups in total. The first kappa shape index (κ1) is 13.9. The Hall–Kier alpha value is -1.56. The third-order valence-corrected chi connectivity index (χ3v) is 2.96. The maximum Gasteiger partial charge on any atom is 0.182 e. The van der Waals surface area contributed by atoms with E-state index in [9.17, 15) is 17.6 Å². The molecule has 0 radical (unpaired) electrons. The van der Waals surface area contributed by atoms with E-state index in [4.69, 9.17) is 0 Å². The SMILES string of the molecule is Fc1cc(F)c(F)c(NCc2cc(Br)ccc2F)c1. The summed E-state index contributed by atoms with van der Waals surface area (Å²) >= 11 is 3.17. The monoisotopic (exact) mass is 333 g/mol. The molecule has 2 aromatic rings. The molecule has 2 rings (SSSR count). The van der Waals surface area contributed by atoms with Crippen molar-refractivity contribution < 1.29 is 17.6 Å². The lowest BCUT2D eigenvalue weighted by Crippen LogP contribution is -2.05. The Labute approximate surface area is 115 Å². The van der Waals surface area contributed by atoms with Crippen molar-refractivity contribution in [2.45, 2.75) is 6.54 Å². The van der Waals surface area contributed by atoms with Crippen molar-refractivity contribution in [3.8, 4) is 0 Å². The second-order valence-electron chi connectivity index (χ2n) is 3.84. The minimum atomic E-state index is -1.29. The van der Waals surface area contributed by atoms with Crippen LogP contribution in [0.25, 0.3) is 0 Å². The summed E-state index contributed by atoms with van der Waals surface area (Å²) in [6.07, 6.45) is 0. The zero-order valence-corrected chi connectivity index (χ0v) is 11.1. The fourth-order valence-electron chi connectivity index (χ4n) is 1.55. The number of halogens is 5. The zero-order chi connectivity index (χ0) is 14.0. The first-order valence-electron chi connectivity index (χ1n) is 5.29. The van der Waals surface area contributed by atoms with Crippen LogP contribution in [0.3, 0.4) is 0 Å². The number of benzene rings is 2. The third-order valence-electron chi connectivity index (χ3n) is 2.47. The Kier molecular flexibility index (Phi) is 4.09. The van der Waals surface area contributed by atoms with Gasteiger partial charge in [-0.1, -0.05) is 15.9 Å². The van der Waals surface area contributed by atoms with E-state index in [1.165, 1.54) is 18.2 Å². The minimum Gasteiger partial charge on any atom is -0.378 e. The molecule has 0 aliphatic carbocycles. The highest BCUT2D eigenvalue weighted by atomic mass is 79.9. The van der Waals surface area contributed by atoms with Gasteiger partial charge in [0.25, 0.3) is 0 Å². The largest absolute Gasteiger partial charge is 0.378 e. The van der Waals surface area contributed by atoms with Crippen LogP contribution < -0.4 is 5.32 Å². The number of hydrogen-bond acceptors (Lipinski definition) is 1. The van der Waals surface area contributed by atoms with Gasteiger partial charge < -0.3 is 5.32 Å². The molecule has 6 heteroatoms. The third kappa shape index (κ3) is 3.26. The van der Waals surface area contributed by atoms with E-state index in [0.29, 0.717) is 10.5 Å². The molecule has 0 fully saturated rings. The first-order chi connectivity index (χ1) is 8.97. The van der Waals surface area contributed by atoms with Gasteiger partial charge in [0.05, 0.1) is 5.69 Å². The van der Waals surface area contributed by atoms with Crippen molar-refractivity contribution in [2.75, 3.05) is 5.32 Å². The minimum absolute atomic E-state index is 0.0922. The number of anilines is 1. The molecule has 0 atom stereocenters. The molecule has 100 valence electrons. The lowest BCUT2D eigenvalue weighted by molar-refractivity contribution is 0.497. The summed E-state index contributed by atoms with van der Waals surface area (Å²) in [7, 11) is 0. The molecule has 0 aliphatic heterocycles. The Bertz CT molecular complexity index is 616. The van der Waals surface area contributed by atoms with Crippen LogP contribution in [-0.4, -0.2) is 0 Å². The summed E-state index contributed by atoms with van der Waals surface area (Å²) in [5.74, 6) is -3.89. The van der Waals surface area contributed by atoms with Gasteiger partial charge in [-0.2, -0.15) is 0 Å². The van der Waals surface area contributed by atoms with Gasteiger partial charge >= 0.3 is 0 Å². The molecule has 0 saturated heterocycles. The van der Waals surface area contributed by atoms with E-state index < -0.39 is 23.3 Å². The lowest BCUT2D eigenvalue weighted by atomic mass is 10.2. The number of nitrogens with one attached hydrogen (secondary N) is 1. The molecular weight excluding hydrogens is 326 g/mol. The Morgan fingerprint density at radius 2 is 1.68 bits per heavy atom. The second-order valence-corrected chi connectivity index (χ2v) is 4.75. The molecule has 0 bridgehead atoms. The highest BCUT2D eigenvalue weighted by Crippen LogP contribution is 2.21. The van der Waals surface area contributed by atoms with E-state index in [0.717, 1.165) is 6.07 Å². The molecule has 0 aromatic heterocycles. The van der Waals surface area contributed by atoms with Gasteiger partial charge in [0.15, 0.2) is 11.6 Å². The van der Waals surface area contributed by atoms with E-state index in [-0.39, 0.29) is 17.8 Å². The van der Waals surface area contributed by atoms with Gasteiger partial charge in [-0.15, -0.1) is 0 Å². The predicted molar refractivity (Wildman–Crippen MR) is 67.7 cm³/mol. The highest BCUT2D eigenvalue weighted by Gasteiger charge is 2.11. The Morgan fingerprint density at radius 3 is 2.42 bits per heavy atom. The lowest BCUT2D eigenvalue weighted by Gasteiger charge is -2.09. The van der Waals surface area contributed by atoms with Crippen molar-refractivity contribution in [2.24, 2.45) is 0 Å². The predicted octanol–water partition coefficient (Wildman–Crippen LogP) is 4.62. The van der Waals surface area contributed by atoms with Crippen LogP contribution in [0, 0.1) is 23.3 Å². The average molecular weight is 334 g/mol.